The van der Waals surface area contributed by atoms with E-state index < -0.39 is 0 Å². The molecular weight excluding hydrogens is 250 g/mol. The second kappa shape index (κ2) is 6.40. The average Bonchev–Trinajstić information content (AvgIpc) is 2.65. The molecule has 0 bridgehead atoms. The van der Waals surface area contributed by atoms with Gasteiger partial charge in [-0.25, -0.2) is 0 Å². The van der Waals surface area contributed by atoms with Gasteiger partial charge in [0.25, 0.3) is 5.91 Å². The third-order valence-corrected chi connectivity index (χ3v) is 3.05. The van der Waals surface area contributed by atoms with Crippen molar-refractivity contribution < 1.29 is 4.79 Å². The number of halogens is 1. The summed E-state index contributed by atoms with van der Waals surface area (Å²) in [6.45, 7) is 0.832. The van der Waals surface area contributed by atoms with Crippen LogP contribution in [0.2, 0.25) is 5.02 Å². The highest BCUT2D eigenvalue weighted by molar-refractivity contribution is 6.30. The maximum atomic E-state index is 11.8. The molecule has 1 aliphatic rings. The molecule has 1 amide bonds. The van der Waals surface area contributed by atoms with Crippen LogP contribution in [-0.4, -0.2) is 18.3 Å². The van der Waals surface area contributed by atoms with Gasteiger partial charge in [-0.3, -0.25) is 20.6 Å². The Balaban J connectivity index is 1.87. The molecule has 0 fully saturated rings. The van der Waals surface area contributed by atoms with E-state index in [1.807, 2.05) is 0 Å². The van der Waals surface area contributed by atoms with Crippen molar-refractivity contribution in [3.63, 3.8) is 0 Å². The van der Waals surface area contributed by atoms with Crippen molar-refractivity contribution in [2.45, 2.75) is 25.7 Å². The first-order valence-corrected chi connectivity index (χ1v) is 6.49. The van der Waals surface area contributed by atoms with Gasteiger partial charge < -0.3 is 0 Å². The summed E-state index contributed by atoms with van der Waals surface area (Å²) in [5.74, 6) is 0.674. The van der Waals surface area contributed by atoms with Crippen LogP contribution in [-0.2, 0) is 0 Å². The van der Waals surface area contributed by atoms with Crippen molar-refractivity contribution in [3.8, 4) is 0 Å². The molecule has 0 unspecified atom stereocenters. The number of nitrogens with one attached hydrogen (secondary N) is 2. The minimum absolute atomic E-state index is 0.182. The van der Waals surface area contributed by atoms with Gasteiger partial charge in [-0.1, -0.05) is 18.0 Å². The van der Waals surface area contributed by atoms with Gasteiger partial charge >= 0.3 is 0 Å². The molecule has 1 aliphatic heterocycles. The Labute approximate surface area is 111 Å². The highest BCUT2D eigenvalue weighted by Gasteiger charge is 2.07. The SMILES string of the molecule is O=C(NNC1=NCCCCC1)c1ccc(Cl)cc1. The zero-order chi connectivity index (χ0) is 12.8. The number of hydrogen-bond acceptors (Lipinski definition) is 3. The van der Waals surface area contributed by atoms with Gasteiger partial charge in [0, 0.05) is 23.6 Å². The molecule has 96 valence electrons. The van der Waals surface area contributed by atoms with Crippen molar-refractivity contribution in [1.82, 2.24) is 10.9 Å². The van der Waals surface area contributed by atoms with E-state index in [-0.39, 0.29) is 5.91 Å². The van der Waals surface area contributed by atoms with Gasteiger partial charge in [0.1, 0.15) is 5.84 Å². The van der Waals surface area contributed by atoms with Crippen LogP contribution in [0.4, 0.5) is 0 Å². The van der Waals surface area contributed by atoms with Gasteiger partial charge in [-0.05, 0) is 37.1 Å². The number of rotatable bonds is 1. The van der Waals surface area contributed by atoms with Crippen molar-refractivity contribution in [2.24, 2.45) is 4.99 Å². The molecule has 0 atom stereocenters. The Bertz CT molecular complexity index is 442. The lowest BCUT2D eigenvalue weighted by molar-refractivity contribution is 0.0943. The zero-order valence-electron chi connectivity index (χ0n) is 10.1. The Hall–Kier alpha value is -1.55. The molecular formula is C13H16ClN3O. The van der Waals surface area contributed by atoms with Crippen LogP contribution in [0.25, 0.3) is 0 Å². The Morgan fingerprint density at radius 3 is 2.72 bits per heavy atom. The number of carbonyl (C=O) groups is 1. The third kappa shape index (κ3) is 3.74. The lowest BCUT2D eigenvalue weighted by Gasteiger charge is -2.09. The van der Waals surface area contributed by atoms with Crippen molar-refractivity contribution in [1.29, 1.82) is 0 Å². The second-order valence-corrected chi connectivity index (χ2v) is 4.66. The van der Waals surface area contributed by atoms with Crippen molar-refractivity contribution in [2.75, 3.05) is 6.54 Å². The van der Waals surface area contributed by atoms with Gasteiger partial charge in [-0.2, -0.15) is 0 Å². The summed E-state index contributed by atoms with van der Waals surface area (Å²) in [7, 11) is 0. The molecule has 1 heterocycles. The Morgan fingerprint density at radius 1 is 1.17 bits per heavy atom. The molecule has 18 heavy (non-hydrogen) atoms. The molecule has 1 aromatic carbocycles. The molecule has 2 rings (SSSR count). The first kappa shape index (κ1) is 12.9. The van der Waals surface area contributed by atoms with Crippen LogP contribution in [0.15, 0.2) is 29.3 Å². The third-order valence-electron chi connectivity index (χ3n) is 2.80. The van der Waals surface area contributed by atoms with Crippen LogP contribution in [0.5, 0.6) is 0 Å². The van der Waals surface area contributed by atoms with Crippen molar-refractivity contribution >= 4 is 23.3 Å². The molecule has 1 aromatic rings. The van der Waals surface area contributed by atoms with Crippen LogP contribution in [0.1, 0.15) is 36.0 Å². The lowest BCUT2D eigenvalue weighted by atomic mass is 10.2. The fourth-order valence-corrected chi connectivity index (χ4v) is 1.90. The molecule has 0 radical (unpaired) electrons. The molecule has 0 aromatic heterocycles. The first-order chi connectivity index (χ1) is 8.75. The normalized spacial score (nSPS) is 15.5. The molecule has 2 N–H and O–H groups in total. The minimum atomic E-state index is -0.182. The standard InChI is InChI=1S/C13H16ClN3O/c14-11-7-5-10(6-8-11)13(18)17-16-12-4-2-1-3-9-15-12/h5-8H,1-4,9H2,(H,15,16)(H,17,18). The Morgan fingerprint density at radius 2 is 1.94 bits per heavy atom. The number of amides is 1. The summed E-state index contributed by atoms with van der Waals surface area (Å²) in [6.07, 6.45) is 4.32. The van der Waals surface area contributed by atoms with E-state index in [1.54, 1.807) is 24.3 Å². The molecule has 0 spiro atoms. The van der Waals surface area contributed by atoms with E-state index in [0.717, 1.165) is 31.6 Å². The average molecular weight is 266 g/mol. The van der Waals surface area contributed by atoms with Gasteiger partial charge in [0.05, 0.1) is 0 Å². The van der Waals surface area contributed by atoms with Crippen LogP contribution in [0.3, 0.4) is 0 Å². The fraction of sp³-hybridized carbons (Fsp3) is 0.385. The molecule has 0 saturated carbocycles. The van der Waals surface area contributed by atoms with Crippen LogP contribution < -0.4 is 10.9 Å². The lowest BCUT2D eigenvalue weighted by Crippen LogP contribution is -2.41. The van der Waals surface area contributed by atoms with Gasteiger partial charge in [0.2, 0.25) is 0 Å². The van der Waals surface area contributed by atoms with Crippen molar-refractivity contribution in [3.05, 3.63) is 34.9 Å². The fourth-order valence-electron chi connectivity index (χ4n) is 1.78. The number of hydrogen-bond donors (Lipinski definition) is 2. The maximum absolute atomic E-state index is 11.8. The Kier molecular flexibility index (Phi) is 4.59. The highest BCUT2D eigenvalue weighted by atomic mass is 35.5. The van der Waals surface area contributed by atoms with Crippen LogP contribution in [0, 0.1) is 0 Å². The summed E-state index contributed by atoms with van der Waals surface area (Å²) in [4.78, 5) is 16.2. The number of carbonyl (C=O) groups excluding carboxylic acids is 1. The van der Waals surface area contributed by atoms with Gasteiger partial charge in [0.15, 0.2) is 0 Å². The number of benzene rings is 1. The quantitative estimate of drug-likeness (QED) is 0.767. The molecule has 0 aliphatic carbocycles. The summed E-state index contributed by atoms with van der Waals surface area (Å²) in [6, 6.07) is 6.77. The molecule has 4 nitrogen and oxygen atoms in total. The smallest absolute Gasteiger partial charge is 0.269 e. The largest absolute Gasteiger partial charge is 0.285 e. The highest BCUT2D eigenvalue weighted by Crippen LogP contribution is 2.09. The molecule has 0 saturated heterocycles. The second-order valence-electron chi connectivity index (χ2n) is 4.23. The summed E-state index contributed by atoms with van der Waals surface area (Å²) in [5.41, 5.74) is 6.12. The van der Waals surface area contributed by atoms with E-state index in [1.165, 1.54) is 6.42 Å². The number of nitrogens with zero attached hydrogens (tertiary/aromatic N) is 1. The first-order valence-electron chi connectivity index (χ1n) is 6.11. The molecule has 5 heteroatoms. The van der Waals surface area contributed by atoms with E-state index >= 15 is 0 Å². The van der Waals surface area contributed by atoms with E-state index in [4.69, 9.17) is 11.6 Å². The number of hydrazine groups is 1. The zero-order valence-corrected chi connectivity index (χ0v) is 10.8. The van der Waals surface area contributed by atoms with E-state index in [0.29, 0.717) is 10.6 Å². The summed E-state index contributed by atoms with van der Waals surface area (Å²) >= 11 is 5.77. The minimum Gasteiger partial charge on any atom is -0.285 e. The summed E-state index contributed by atoms with van der Waals surface area (Å²) in [5, 5.41) is 0.618. The van der Waals surface area contributed by atoms with Gasteiger partial charge in [-0.15, -0.1) is 0 Å². The number of aliphatic imine (C=N–C) groups is 1. The van der Waals surface area contributed by atoms with E-state index in [2.05, 4.69) is 15.8 Å². The predicted molar refractivity (Wildman–Crippen MR) is 72.8 cm³/mol. The van der Waals surface area contributed by atoms with Crippen LogP contribution >= 0.6 is 11.6 Å². The van der Waals surface area contributed by atoms with E-state index in [9.17, 15) is 4.79 Å². The number of amidine groups is 1. The predicted octanol–water partition coefficient (Wildman–Crippen LogP) is 2.55. The monoisotopic (exact) mass is 265 g/mol. The topological polar surface area (TPSA) is 53.5 Å². The summed E-state index contributed by atoms with van der Waals surface area (Å²) < 4.78 is 0. The maximum Gasteiger partial charge on any atom is 0.269 e.